The van der Waals surface area contributed by atoms with Crippen LogP contribution in [0.4, 0.5) is 18.9 Å². The molecular weight excluding hydrogens is 407 g/mol. The summed E-state index contributed by atoms with van der Waals surface area (Å²) in [5.41, 5.74) is 1.80. The van der Waals surface area contributed by atoms with Crippen LogP contribution in [0.25, 0.3) is 0 Å². The van der Waals surface area contributed by atoms with Crippen LogP contribution >= 0.6 is 0 Å². The van der Waals surface area contributed by atoms with Crippen molar-refractivity contribution in [3.63, 3.8) is 0 Å². The Morgan fingerprint density at radius 2 is 1.71 bits per heavy atom. The summed E-state index contributed by atoms with van der Waals surface area (Å²) >= 11 is 0. The molecule has 0 unspecified atom stereocenters. The van der Waals surface area contributed by atoms with E-state index in [-0.39, 0.29) is 17.9 Å². The van der Waals surface area contributed by atoms with Gasteiger partial charge in [-0.1, -0.05) is 18.2 Å². The highest BCUT2D eigenvalue weighted by molar-refractivity contribution is 6.05. The Kier molecular flexibility index (Phi) is 6.53. The number of benzene rings is 3. The van der Waals surface area contributed by atoms with Crippen molar-refractivity contribution in [1.29, 1.82) is 0 Å². The number of amides is 1. The third-order valence-corrected chi connectivity index (χ3v) is 4.90. The van der Waals surface area contributed by atoms with Crippen molar-refractivity contribution in [3.8, 4) is 11.5 Å². The molecule has 0 aliphatic heterocycles. The largest absolute Gasteiger partial charge is 0.496 e. The smallest absolute Gasteiger partial charge is 0.418 e. The number of halogens is 3. The van der Waals surface area contributed by atoms with Crippen molar-refractivity contribution in [2.45, 2.75) is 26.6 Å². The minimum absolute atomic E-state index is 0.131. The maximum absolute atomic E-state index is 13.2. The van der Waals surface area contributed by atoms with Crippen LogP contribution in [-0.4, -0.2) is 13.0 Å². The molecule has 31 heavy (non-hydrogen) atoms. The van der Waals surface area contributed by atoms with E-state index in [4.69, 9.17) is 9.47 Å². The molecule has 0 spiro atoms. The number of para-hydroxylation sites is 1. The Morgan fingerprint density at radius 3 is 2.39 bits per heavy atom. The number of carbonyl (C=O) groups is 1. The fourth-order valence-electron chi connectivity index (χ4n) is 3.03. The summed E-state index contributed by atoms with van der Waals surface area (Å²) in [6.07, 6.45) is -4.57. The first-order valence-electron chi connectivity index (χ1n) is 9.53. The van der Waals surface area contributed by atoms with Gasteiger partial charge in [0, 0.05) is 11.1 Å². The van der Waals surface area contributed by atoms with Gasteiger partial charge in [0.1, 0.15) is 18.1 Å². The molecule has 0 saturated heterocycles. The summed E-state index contributed by atoms with van der Waals surface area (Å²) in [6.45, 7) is 4.11. The molecule has 0 fully saturated rings. The fourth-order valence-corrected chi connectivity index (χ4v) is 3.03. The minimum atomic E-state index is -4.57. The van der Waals surface area contributed by atoms with Gasteiger partial charge in [-0.15, -0.1) is 0 Å². The zero-order valence-electron chi connectivity index (χ0n) is 17.3. The van der Waals surface area contributed by atoms with E-state index in [1.165, 1.54) is 31.4 Å². The quantitative estimate of drug-likeness (QED) is 0.510. The Labute approximate surface area is 178 Å². The van der Waals surface area contributed by atoms with Crippen molar-refractivity contribution in [2.75, 3.05) is 12.4 Å². The van der Waals surface area contributed by atoms with E-state index in [2.05, 4.69) is 5.32 Å². The molecule has 0 heterocycles. The van der Waals surface area contributed by atoms with E-state index in [0.29, 0.717) is 17.1 Å². The van der Waals surface area contributed by atoms with Crippen LogP contribution in [0.1, 0.15) is 32.6 Å². The molecule has 1 N–H and O–H groups in total. The van der Waals surface area contributed by atoms with E-state index in [1.807, 2.05) is 32.0 Å². The van der Waals surface area contributed by atoms with Crippen LogP contribution in [0.5, 0.6) is 11.5 Å². The van der Waals surface area contributed by atoms with E-state index < -0.39 is 17.6 Å². The van der Waals surface area contributed by atoms with Crippen molar-refractivity contribution in [3.05, 3.63) is 88.5 Å². The molecule has 3 aromatic rings. The summed E-state index contributed by atoms with van der Waals surface area (Å²) in [5.74, 6) is 0.516. The summed E-state index contributed by atoms with van der Waals surface area (Å²) in [5, 5.41) is 2.34. The molecule has 3 aromatic carbocycles. The Bertz CT molecular complexity index is 1090. The van der Waals surface area contributed by atoms with Crippen LogP contribution in [0, 0.1) is 13.8 Å². The normalized spacial score (nSPS) is 11.2. The number of anilines is 1. The third-order valence-electron chi connectivity index (χ3n) is 4.90. The van der Waals surface area contributed by atoms with Gasteiger partial charge >= 0.3 is 6.18 Å². The number of carbonyl (C=O) groups excluding carboxylic acids is 1. The van der Waals surface area contributed by atoms with Crippen LogP contribution in [0.2, 0.25) is 0 Å². The standard InChI is InChI=1S/C24H22F3NO3/c1-15-8-10-19(12-16(15)2)31-14-18-13-17(9-11-22(18)30-3)23(29)28-21-7-5-4-6-20(21)24(25,26)27/h4-13H,14H2,1-3H3,(H,28,29). The van der Waals surface area contributed by atoms with Gasteiger partial charge in [0.05, 0.1) is 18.4 Å². The fraction of sp³-hybridized carbons (Fsp3) is 0.208. The Hall–Kier alpha value is -3.48. The molecule has 0 aromatic heterocycles. The summed E-state index contributed by atoms with van der Waals surface area (Å²) in [6, 6.07) is 15.2. The predicted molar refractivity (Wildman–Crippen MR) is 113 cm³/mol. The summed E-state index contributed by atoms with van der Waals surface area (Å²) in [7, 11) is 1.49. The van der Waals surface area contributed by atoms with Crippen LogP contribution < -0.4 is 14.8 Å². The number of hydrogen-bond acceptors (Lipinski definition) is 3. The third kappa shape index (κ3) is 5.36. The average Bonchev–Trinajstić information content (AvgIpc) is 2.74. The van der Waals surface area contributed by atoms with Gasteiger partial charge < -0.3 is 14.8 Å². The van der Waals surface area contributed by atoms with E-state index in [9.17, 15) is 18.0 Å². The molecule has 3 rings (SSSR count). The highest BCUT2D eigenvalue weighted by Crippen LogP contribution is 2.35. The number of hydrogen-bond donors (Lipinski definition) is 1. The lowest BCUT2D eigenvalue weighted by Gasteiger charge is -2.15. The van der Waals surface area contributed by atoms with Gasteiger partial charge in [0.15, 0.2) is 0 Å². The lowest BCUT2D eigenvalue weighted by molar-refractivity contribution is -0.136. The highest BCUT2D eigenvalue weighted by atomic mass is 19.4. The maximum atomic E-state index is 13.2. The van der Waals surface area contributed by atoms with Gasteiger partial charge in [-0.25, -0.2) is 0 Å². The zero-order valence-corrected chi connectivity index (χ0v) is 17.3. The van der Waals surface area contributed by atoms with Crippen LogP contribution in [0.15, 0.2) is 60.7 Å². The number of aryl methyl sites for hydroxylation is 2. The minimum Gasteiger partial charge on any atom is -0.496 e. The maximum Gasteiger partial charge on any atom is 0.418 e. The summed E-state index contributed by atoms with van der Waals surface area (Å²) < 4.78 is 50.7. The van der Waals surface area contributed by atoms with Crippen molar-refractivity contribution >= 4 is 11.6 Å². The highest BCUT2D eigenvalue weighted by Gasteiger charge is 2.33. The van der Waals surface area contributed by atoms with Gasteiger partial charge in [-0.2, -0.15) is 13.2 Å². The molecule has 0 aliphatic carbocycles. The van der Waals surface area contributed by atoms with Crippen molar-refractivity contribution < 1.29 is 27.4 Å². The molecule has 0 atom stereocenters. The monoisotopic (exact) mass is 429 g/mol. The van der Waals surface area contributed by atoms with Gasteiger partial charge in [-0.3, -0.25) is 4.79 Å². The molecule has 162 valence electrons. The molecule has 0 aliphatic rings. The SMILES string of the molecule is COc1ccc(C(=O)Nc2ccccc2C(F)(F)F)cc1COc1ccc(C)c(C)c1. The second-order valence-electron chi connectivity index (χ2n) is 7.06. The van der Waals surface area contributed by atoms with E-state index in [0.717, 1.165) is 17.2 Å². The molecule has 4 nitrogen and oxygen atoms in total. The van der Waals surface area contributed by atoms with Crippen LogP contribution in [0.3, 0.4) is 0 Å². The molecule has 0 bridgehead atoms. The number of rotatable bonds is 6. The van der Waals surface area contributed by atoms with Crippen LogP contribution in [-0.2, 0) is 12.8 Å². The van der Waals surface area contributed by atoms with Crippen molar-refractivity contribution in [2.24, 2.45) is 0 Å². The first-order chi connectivity index (χ1) is 14.7. The first-order valence-corrected chi connectivity index (χ1v) is 9.53. The molecule has 7 heteroatoms. The van der Waals surface area contributed by atoms with E-state index in [1.54, 1.807) is 12.1 Å². The first kappa shape index (κ1) is 22.2. The topological polar surface area (TPSA) is 47.6 Å². The van der Waals surface area contributed by atoms with Gasteiger partial charge in [0.25, 0.3) is 5.91 Å². The number of methoxy groups -OCH3 is 1. The van der Waals surface area contributed by atoms with Gasteiger partial charge in [0.2, 0.25) is 0 Å². The number of nitrogens with one attached hydrogen (secondary N) is 1. The number of ether oxygens (including phenoxy) is 2. The second kappa shape index (κ2) is 9.12. The zero-order chi connectivity index (χ0) is 22.6. The molecular formula is C24H22F3NO3. The molecule has 1 amide bonds. The lowest BCUT2D eigenvalue weighted by Crippen LogP contribution is -2.17. The van der Waals surface area contributed by atoms with Crippen molar-refractivity contribution in [1.82, 2.24) is 0 Å². The lowest BCUT2D eigenvalue weighted by atomic mass is 10.1. The number of alkyl halides is 3. The van der Waals surface area contributed by atoms with Gasteiger partial charge in [-0.05, 0) is 67.4 Å². The Balaban J connectivity index is 1.81. The molecule has 0 radical (unpaired) electrons. The van der Waals surface area contributed by atoms with E-state index >= 15 is 0 Å². The average molecular weight is 429 g/mol. The predicted octanol–water partition coefficient (Wildman–Crippen LogP) is 6.16. The molecule has 0 saturated carbocycles. The summed E-state index contributed by atoms with van der Waals surface area (Å²) in [4.78, 5) is 12.6. The second-order valence-corrected chi connectivity index (χ2v) is 7.06. The Morgan fingerprint density at radius 1 is 0.968 bits per heavy atom.